The molecule has 0 spiro atoms. The molecule has 0 saturated carbocycles. The SMILES string of the molecule is CCOC(=O)C1(O)CCN(C(=O)c2cc(Br)ccc2F)CC1. The Morgan fingerprint density at radius 3 is 2.64 bits per heavy atom. The van der Waals surface area contributed by atoms with Crippen LogP contribution in [0.15, 0.2) is 22.7 Å². The first-order valence-corrected chi connectivity index (χ1v) is 7.80. The zero-order valence-corrected chi connectivity index (χ0v) is 13.7. The van der Waals surface area contributed by atoms with Crippen LogP contribution in [0, 0.1) is 5.82 Å². The Bertz CT molecular complexity index is 585. The highest BCUT2D eigenvalue weighted by Crippen LogP contribution is 2.26. The van der Waals surface area contributed by atoms with Gasteiger partial charge in [-0.1, -0.05) is 15.9 Å². The molecule has 7 heteroatoms. The molecular formula is C15H17BrFNO4. The lowest BCUT2D eigenvalue weighted by Crippen LogP contribution is -2.51. The third-order valence-electron chi connectivity index (χ3n) is 3.69. The van der Waals surface area contributed by atoms with E-state index in [1.807, 2.05) is 0 Å². The van der Waals surface area contributed by atoms with Crippen LogP contribution in [0.4, 0.5) is 4.39 Å². The van der Waals surface area contributed by atoms with Crippen molar-refractivity contribution in [1.82, 2.24) is 4.90 Å². The summed E-state index contributed by atoms with van der Waals surface area (Å²) in [7, 11) is 0. The lowest BCUT2D eigenvalue weighted by molar-refractivity contribution is -0.169. The number of amides is 1. The number of carbonyl (C=O) groups is 2. The normalized spacial score (nSPS) is 17.2. The minimum absolute atomic E-state index is 0.0315. The summed E-state index contributed by atoms with van der Waals surface area (Å²) in [6, 6.07) is 4.15. The van der Waals surface area contributed by atoms with Crippen LogP contribution >= 0.6 is 15.9 Å². The number of halogens is 2. The molecule has 1 amide bonds. The van der Waals surface area contributed by atoms with E-state index in [4.69, 9.17) is 4.74 Å². The molecule has 1 aromatic rings. The number of benzene rings is 1. The van der Waals surface area contributed by atoms with E-state index in [1.54, 1.807) is 6.92 Å². The van der Waals surface area contributed by atoms with Crippen LogP contribution in [0.2, 0.25) is 0 Å². The van der Waals surface area contributed by atoms with Crippen molar-refractivity contribution in [3.63, 3.8) is 0 Å². The van der Waals surface area contributed by atoms with Crippen molar-refractivity contribution in [2.45, 2.75) is 25.4 Å². The van der Waals surface area contributed by atoms with E-state index in [9.17, 15) is 19.1 Å². The molecular weight excluding hydrogens is 357 g/mol. The molecule has 1 aliphatic heterocycles. The smallest absolute Gasteiger partial charge is 0.338 e. The predicted octanol–water partition coefficient (Wildman–Crippen LogP) is 2.12. The average Bonchev–Trinajstić information content (AvgIpc) is 2.50. The van der Waals surface area contributed by atoms with Crippen LogP contribution in [0.5, 0.6) is 0 Å². The Kier molecular flexibility index (Phi) is 5.18. The summed E-state index contributed by atoms with van der Waals surface area (Å²) in [6.07, 6.45) is 0.153. The lowest BCUT2D eigenvalue weighted by Gasteiger charge is -2.36. The minimum atomic E-state index is -1.57. The zero-order chi connectivity index (χ0) is 16.3. The molecule has 120 valence electrons. The lowest BCUT2D eigenvalue weighted by atomic mass is 9.91. The monoisotopic (exact) mass is 373 g/mol. The number of hydrogen-bond acceptors (Lipinski definition) is 4. The van der Waals surface area contributed by atoms with Crippen molar-refractivity contribution in [2.24, 2.45) is 0 Å². The first-order valence-electron chi connectivity index (χ1n) is 7.01. The van der Waals surface area contributed by atoms with Crippen LogP contribution in [-0.4, -0.2) is 47.2 Å². The highest BCUT2D eigenvalue weighted by atomic mass is 79.9. The summed E-state index contributed by atoms with van der Waals surface area (Å²) in [6.45, 7) is 2.18. The molecule has 0 aromatic heterocycles. The topological polar surface area (TPSA) is 66.8 Å². The molecule has 22 heavy (non-hydrogen) atoms. The summed E-state index contributed by atoms with van der Waals surface area (Å²) < 4.78 is 19.2. The van der Waals surface area contributed by atoms with E-state index in [2.05, 4.69) is 15.9 Å². The maximum absolute atomic E-state index is 13.8. The van der Waals surface area contributed by atoms with E-state index in [0.29, 0.717) is 4.47 Å². The Hall–Kier alpha value is -1.47. The molecule has 0 unspecified atom stereocenters. The van der Waals surface area contributed by atoms with E-state index in [-0.39, 0.29) is 38.1 Å². The third kappa shape index (κ3) is 3.47. The first kappa shape index (κ1) is 16.9. The van der Waals surface area contributed by atoms with Crippen molar-refractivity contribution in [3.05, 3.63) is 34.1 Å². The van der Waals surface area contributed by atoms with Gasteiger partial charge in [-0.15, -0.1) is 0 Å². The van der Waals surface area contributed by atoms with Crippen molar-refractivity contribution < 1.29 is 23.8 Å². The van der Waals surface area contributed by atoms with Gasteiger partial charge < -0.3 is 14.7 Å². The summed E-state index contributed by atoms with van der Waals surface area (Å²) in [5.74, 6) is -1.72. The second-order valence-corrected chi connectivity index (χ2v) is 6.08. The number of aliphatic hydroxyl groups is 1. The highest BCUT2D eigenvalue weighted by Gasteiger charge is 2.42. The molecule has 1 aliphatic rings. The van der Waals surface area contributed by atoms with Gasteiger partial charge in [0.15, 0.2) is 5.60 Å². The van der Waals surface area contributed by atoms with Crippen LogP contribution in [0.25, 0.3) is 0 Å². The highest BCUT2D eigenvalue weighted by molar-refractivity contribution is 9.10. The van der Waals surface area contributed by atoms with Crippen molar-refractivity contribution in [2.75, 3.05) is 19.7 Å². The number of ether oxygens (including phenoxy) is 1. The average molecular weight is 374 g/mol. The van der Waals surface area contributed by atoms with E-state index in [1.165, 1.54) is 23.1 Å². The number of rotatable bonds is 3. The molecule has 1 fully saturated rings. The number of hydrogen-bond donors (Lipinski definition) is 1. The van der Waals surface area contributed by atoms with Gasteiger partial charge in [-0.25, -0.2) is 9.18 Å². The molecule has 1 N–H and O–H groups in total. The van der Waals surface area contributed by atoms with Gasteiger partial charge >= 0.3 is 5.97 Å². The Morgan fingerprint density at radius 1 is 1.41 bits per heavy atom. The van der Waals surface area contributed by atoms with Crippen LogP contribution in [-0.2, 0) is 9.53 Å². The van der Waals surface area contributed by atoms with Gasteiger partial charge in [-0.3, -0.25) is 4.79 Å². The van der Waals surface area contributed by atoms with Crippen molar-refractivity contribution in [3.8, 4) is 0 Å². The van der Waals surface area contributed by atoms with Gasteiger partial charge in [0.05, 0.1) is 12.2 Å². The summed E-state index contributed by atoms with van der Waals surface area (Å²) in [5, 5.41) is 10.2. The van der Waals surface area contributed by atoms with Gasteiger partial charge in [-0.2, -0.15) is 0 Å². The van der Waals surface area contributed by atoms with Crippen LogP contribution < -0.4 is 0 Å². The van der Waals surface area contributed by atoms with Crippen molar-refractivity contribution in [1.29, 1.82) is 0 Å². The fraction of sp³-hybridized carbons (Fsp3) is 0.467. The zero-order valence-electron chi connectivity index (χ0n) is 12.1. The number of nitrogens with zero attached hydrogens (tertiary/aromatic N) is 1. The van der Waals surface area contributed by atoms with Crippen LogP contribution in [0.3, 0.4) is 0 Å². The molecule has 1 heterocycles. The second-order valence-electron chi connectivity index (χ2n) is 5.17. The van der Waals surface area contributed by atoms with Crippen LogP contribution in [0.1, 0.15) is 30.1 Å². The van der Waals surface area contributed by atoms with E-state index >= 15 is 0 Å². The number of carbonyl (C=O) groups excluding carboxylic acids is 2. The Labute approximate surface area is 136 Å². The quantitative estimate of drug-likeness (QED) is 0.824. The molecule has 0 aliphatic carbocycles. The fourth-order valence-electron chi connectivity index (χ4n) is 2.38. The summed E-state index contributed by atoms with van der Waals surface area (Å²) in [5.41, 5.74) is -1.60. The summed E-state index contributed by atoms with van der Waals surface area (Å²) >= 11 is 3.20. The number of likely N-dealkylation sites (tertiary alicyclic amines) is 1. The molecule has 0 atom stereocenters. The van der Waals surface area contributed by atoms with Gasteiger partial charge in [-0.05, 0) is 25.1 Å². The number of piperidine rings is 1. The number of esters is 1. The predicted molar refractivity (Wildman–Crippen MR) is 80.8 cm³/mol. The molecule has 5 nitrogen and oxygen atoms in total. The molecule has 2 rings (SSSR count). The largest absolute Gasteiger partial charge is 0.464 e. The molecule has 1 saturated heterocycles. The van der Waals surface area contributed by atoms with Gasteiger partial charge in [0.1, 0.15) is 5.82 Å². The standard InChI is InChI=1S/C15H17BrFNO4/c1-2-22-14(20)15(21)5-7-18(8-6-15)13(19)11-9-10(16)3-4-12(11)17/h3-4,9,21H,2,5-8H2,1H3. The Balaban J connectivity index is 2.07. The molecule has 0 bridgehead atoms. The second kappa shape index (κ2) is 6.75. The minimum Gasteiger partial charge on any atom is -0.464 e. The van der Waals surface area contributed by atoms with Gasteiger partial charge in [0.25, 0.3) is 5.91 Å². The maximum atomic E-state index is 13.8. The maximum Gasteiger partial charge on any atom is 0.338 e. The van der Waals surface area contributed by atoms with Crippen molar-refractivity contribution >= 4 is 27.8 Å². The first-order chi connectivity index (χ1) is 10.4. The fourth-order valence-corrected chi connectivity index (χ4v) is 2.74. The third-order valence-corrected chi connectivity index (χ3v) is 4.19. The van der Waals surface area contributed by atoms with Gasteiger partial charge in [0, 0.05) is 30.4 Å². The van der Waals surface area contributed by atoms with E-state index in [0.717, 1.165) is 0 Å². The van der Waals surface area contributed by atoms with E-state index < -0.39 is 23.3 Å². The van der Waals surface area contributed by atoms with Gasteiger partial charge in [0.2, 0.25) is 0 Å². The molecule has 0 radical (unpaired) electrons. The Morgan fingerprint density at radius 2 is 2.05 bits per heavy atom. The molecule has 1 aromatic carbocycles. The summed E-state index contributed by atoms with van der Waals surface area (Å²) in [4.78, 5) is 25.5.